The van der Waals surface area contributed by atoms with Gasteiger partial charge in [-0.05, 0) is 55.1 Å². The number of hydrogen-bond donors (Lipinski definition) is 1. The summed E-state index contributed by atoms with van der Waals surface area (Å²) in [5.74, 6) is 1.49. The first-order chi connectivity index (χ1) is 8.92. The van der Waals surface area contributed by atoms with Crippen LogP contribution in [0.3, 0.4) is 0 Å². The van der Waals surface area contributed by atoms with Gasteiger partial charge in [0.1, 0.15) is 0 Å². The van der Waals surface area contributed by atoms with Crippen molar-refractivity contribution in [2.24, 2.45) is 23.0 Å². The molecule has 2 N–H and O–H groups in total. The van der Waals surface area contributed by atoms with Crippen LogP contribution in [0, 0.1) is 17.3 Å². The molecule has 0 spiro atoms. The molecule has 1 fully saturated rings. The van der Waals surface area contributed by atoms with E-state index in [0.717, 1.165) is 12.3 Å². The minimum absolute atomic E-state index is 0.329. The smallest absolute Gasteiger partial charge is 0.00749 e. The molecule has 0 bridgehead atoms. The van der Waals surface area contributed by atoms with Crippen LogP contribution in [0.5, 0.6) is 0 Å². The van der Waals surface area contributed by atoms with Crippen LogP contribution in [0.1, 0.15) is 56.7 Å². The standard InChI is InChI=1S/C17H29NS/c1-5-13-7-8-14(19-13)11-17(3,4)15-9-6-12(2)10-16(15)18/h7-8,12,15-16H,5-6,9-11,18H2,1-4H3. The summed E-state index contributed by atoms with van der Waals surface area (Å²) in [5, 5.41) is 0. The van der Waals surface area contributed by atoms with Crippen molar-refractivity contribution in [3.63, 3.8) is 0 Å². The highest BCUT2D eigenvalue weighted by atomic mass is 32.1. The zero-order valence-corrected chi connectivity index (χ0v) is 13.7. The van der Waals surface area contributed by atoms with E-state index >= 15 is 0 Å². The van der Waals surface area contributed by atoms with Crippen molar-refractivity contribution in [1.82, 2.24) is 0 Å². The number of aryl methyl sites for hydroxylation is 1. The van der Waals surface area contributed by atoms with Gasteiger partial charge in [-0.2, -0.15) is 0 Å². The topological polar surface area (TPSA) is 26.0 Å². The maximum atomic E-state index is 6.44. The van der Waals surface area contributed by atoms with Gasteiger partial charge < -0.3 is 5.73 Å². The molecule has 1 aromatic rings. The second-order valence-corrected chi connectivity index (χ2v) is 8.33. The van der Waals surface area contributed by atoms with Crippen LogP contribution >= 0.6 is 11.3 Å². The molecule has 0 radical (unpaired) electrons. The van der Waals surface area contributed by atoms with E-state index in [1.807, 2.05) is 11.3 Å². The predicted octanol–water partition coefficient (Wildman–Crippen LogP) is 4.64. The van der Waals surface area contributed by atoms with E-state index in [1.54, 1.807) is 0 Å². The molecular formula is C17H29NS. The van der Waals surface area contributed by atoms with Gasteiger partial charge in [0.15, 0.2) is 0 Å². The molecular weight excluding hydrogens is 250 g/mol. The van der Waals surface area contributed by atoms with Crippen molar-refractivity contribution < 1.29 is 0 Å². The fourth-order valence-corrected chi connectivity index (χ4v) is 4.88. The molecule has 108 valence electrons. The lowest BCUT2D eigenvalue weighted by Gasteiger charge is -2.42. The highest BCUT2D eigenvalue weighted by molar-refractivity contribution is 7.11. The Kier molecular flexibility index (Phi) is 4.73. The van der Waals surface area contributed by atoms with Crippen molar-refractivity contribution in [2.45, 2.75) is 65.8 Å². The Hall–Kier alpha value is -0.340. The zero-order chi connectivity index (χ0) is 14.0. The van der Waals surface area contributed by atoms with Crippen molar-refractivity contribution in [3.8, 4) is 0 Å². The molecule has 1 nitrogen and oxygen atoms in total. The average Bonchev–Trinajstić information content (AvgIpc) is 2.75. The quantitative estimate of drug-likeness (QED) is 0.853. The van der Waals surface area contributed by atoms with E-state index < -0.39 is 0 Å². The largest absolute Gasteiger partial charge is 0.327 e. The maximum Gasteiger partial charge on any atom is 0.00749 e. The molecule has 2 heteroatoms. The first-order valence-corrected chi connectivity index (χ1v) is 8.57. The molecule has 1 aliphatic rings. The van der Waals surface area contributed by atoms with Crippen LogP contribution in [0.15, 0.2) is 12.1 Å². The normalized spacial score (nSPS) is 28.6. The first kappa shape index (κ1) is 15.1. The Labute approximate surface area is 122 Å². The van der Waals surface area contributed by atoms with Crippen molar-refractivity contribution in [1.29, 1.82) is 0 Å². The molecule has 19 heavy (non-hydrogen) atoms. The summed E-state index contributed by atoms with van der Waals surface area (Å²) >= 11 is 1.98. The summed E-state index contributed by atoms with van der Waals surface area (Å²) in [5.41, 5.74) is 6.77. The van der Waals surface area contributed by atoms with Gasteiger partial charge in [0, 0.05) is 15.8 Å². The Balaban J connectivity index is 2.04. The summed E-state index contributed by atoms with van der Waals surface area (Å²) < 4.78 is 0. The van der Waals surface area contributed by atoms with E-state index in [0.29, 0.717) is 17.4 Å². The minimum Gasteiger partial charge on any atom is -0.327 e. The number of rotatable bonds is 4. The molecule has 0 amide bonds. The molecule has 3 atom stereocenters. The van der Waals surface area contributed by atoms with Gasteiger partial charge in [0.2, 0.25) is 0 Å². The molecule has 1 heterocycles. The SMILES string of the molecule is CCc1ccc(CC(C)(C)C2CCC(C)CC2N)s1. The average molecular weight is 279 g/mol. The lowest BCUT2D eigenvalue weighted by atomic mass is 9.65. The number of nitrogens with two attached hydrogens (primary N) is 1. The van der Waals surface area contributed by atoms with Gasteiger partial charge in [-0.1, -0.05) is 34.1 Å². The molecule has 0 aromatic carbocycles. The summed E-state index contributed by atoms with van der Waals surface area (Å²) in [6.45, 7) is 9.41. The third-order valence-electron chi connectivity index (χ3n) is 4.86. The van der Waals surface area contributed by atoms with Crippen LogP contribution in [0.4, 0.5) is 0 Å². The van der Waals surface area contributed by atoms with Gasteiger partial charge in [-0.15, -0.1) is 11.3 Å². The van der Waals surface area contributed by atoms with E-state index in [1.165, 1.54) is 35.4 Å². The third kappa shape index (κ3) is 3.61. The Morgan fingerprint density at radius 1 is 1.26 bits per heavy atom. The number of thiophene rings is 1. The van der Waals surface area contributed by atoms with Crippen LogP contribution in [0.2, 0.25) is 0 Å². The fraction of sp³-hybridized carbons (Fsp3) is 0.765. The Morgan fingerprint density at radius 2 is 1.95 bits per heavy atom. The van der Waals surface area contributed by atoms with Crippen molar-refractivity contribution >= 4 is 11.3 Å². The zero-order valence-electron chi connectivity index (χ0n) is 12.9. The van der Waals surface area contributed by atoms with E-state index in [-0.39, 0.29) is 0 Å². The molecule has 0 saturated heterocycles. The van der Waals surface area contributed by atoms with Gasteiger partial charge in [-0.25, -0.2) is 0 Å². The molecule has 1 aliphatic carbocycles. The molecule has 1 saturated carbocycles. The second kappa shape index (κ2) is 5.97. The lowest BCUT2D eigenvalue weighted by molar-refractivity contribution is 0.114. The van der Waals surface area contributed by atoms with Crippen LogP contribution in [0.25, 0.3) is 0 Å². The first-order valence-electron chi connectivity index (χ1n) is 7.75. The highest BCUT2D eigenvalue weighted by Gasteiger charge is 2.37. The summed E-state index contributed by atoms with van der Waals surface area (Å²) in [6.07, 6.45) is 6.21. The van der Waals surface area contributed by atoms with E-state index in [9.17, 15) is 0 Å². The molecule has 2 rings (SSSR count). The minimum atomic E-state index is 0.329. The molecule has 1 aromatic heterocycles. The lowest BCUT2D eigenvalue weighted by Crippen LogP contribution is -2.44. The predicted molar refractivity (Wildman–Crippen MR) is 85.7 cm³/mol. The second-order valence-electron chi connectivity index (χ2n) is 7.08. The van der Waals surface area contributed by atoms with E-state index in [4.69, 9.17) is 5.73 Å². The van der Waals surface area contributed by atoms with Crippen LogP contribution < -0.4 is 5.73 Å². The maximum absolute atomic E-state index is 6.44. The third-order valence-corrected chi connectivity index (χ3v) is 6.09. The van der Waals surface area contributed by atoms with Gasteiger partial charge in [0.25, 0.3) is 0 Å². The Bertz CT molecular complexity index is 407. The van der Waals surface area contributed by atoms with Crippen molar-refractivity contribution in [3.05, 3.63) is 21.9 Å². The molecule has 0 aliphatic heterocycles. The summed E-state index contributed by atoms with van der Waals surface area (Å²) in [7, 11) is 0. The summed E-state index contributed by atoms with van der Waals surface area (Å²) in [6, 6.07) is 5.01. The van der Waals surface area contributed by atoms with E-state index in [2.05, 4.69) is 39.8 Å². The number of hydrogen-bond acceptors (Lipinski definition) is 2. The van der Waals surface area contributed by atoms with Crippen LogP contribution in [-0.4, -0.2) is 6.04 Å². The van der Waals surface area contributed by atoms with Gasteiger partial charge in [0.05, 0.1) is 0 Å². The fourth-order valence-electron chi connectivity index (χ4n) is 3.68. The van der Waals surface area contributed by atoms with Gasteiger partial charge >= 0.3 is 0 Å². The van der Waals surface area contributed by atoms with Gasteiger partial charge in [-0.3, -0.25) is 0 Å². The monoisotopic (exact) mass is 279 g/mol. The van der Waals surface area contributed by atoms with Crippen molar-refractivity contribution in [2.75, 3.05) is 0 Å². The van der Waals surface area contributed by atoms with Crippen LogP contribution in [-0.2, 0) is 12.8 Å². The molecule has 3 unspecified atom stereocenters. The highest BCUT2D eigenvalue weighted by Crippen LogP contribution is 2.42. The Morgan fingerprint density at radius 3 is 2.53 bits per heavy atom. The summed E-state index contributed by atoms with van der Waals surface area (Å²) in [4.78, 5) is 3.04.